The number of hydrogen-bond acceptors (Lipinski definition) is 3. The number of anilines is 1. The quantitative estimate of drug-likeness (QED) is 0.730. The largest absolute Gasteiger partial charge is 0.497 e. The molecule has 1 amide bonds. The van der Waals surface area contributed by atoms with E-state index in [4.69, 9.17) is 9.47 Å². The van der Waals surface area contributed by atoms with Gasteiger partial charge in [-0.3, -0.25) is 4.79 Å². The minimum Gasteiger partial charge on any atom is -0.497 e. The highest BCUT2D eigenvalue weighted by molar-refractivity contribution is 5.94. The van der Waals surface area contributed by atoms with E-state index in [9.17, 15) is 13.6 Å². The number of fused-ring (bicyclic) bond motifs is 1. The van der Waals surface area contributed by atoms with Gasteiger partial charge < -0.3 is 14.8 Å². The lowest BCUT2D eigenvalue weighted by atomic mass is 10.1. The first-order valence-electron chi connectivity index (χ1n) is 7.97. The molecule has 0 bridgehead atoms. The molecule has 6 heteroatoms. The minimum absolute atomic E-state index is 0.461. The number of halogens is 2. The summed E-state index contributed by atoms with van der Waals surface area (Å²) < 4.78 is 38.1. The molecular formula is C20H17F2NO3. The summed E-state index contributed by atoms with van der Waals surface area (Å²) in [5.41, 5.74) is -0.490. The molecule has 0 aliphatic rings. The van der Waals surface area contributed by atoms with Gasteiger partial charge in [-0.05, 0) is 54.1 Å². The fourth-order valence-electron chi connectivity index (χ4n) is 2.50. The van der Waals surface area contributed by atoms with Gasteiger partial charge in [-0.15, -0.1) is 0 Å². The van der Waals surface area contributed by atoms with Gasteiger partial charge >= 0.3 is 0 Å². The summed E-state index contributed by atoms with van der Waals surface area (Å²) in [6.45, 7) is 1.50. The van der Waals surface area contributed by atoms with Crippen molar-refractivity contribution in [2.75, 3.05) is 12.4 Å². The zero-order chi connectivity index (χ0) is 18.7. The van der Waals surface area contributed by atoms with Crippen molar-refractivity contribution in [3.05, 3.63) is 66.2 Å². The zero-order valence-electron chi connectivity index (χ0n) is 14.3. The molecule has 134 valence electrons. The van der Waals surface area contributed by atoms with E-state index in [-0.39, 0.29) is 0 Å². The summed E-state index contributed by atoms with van der Waals surface area (Å²) in [5, 5.41) is 4.09. The monoisotopic (exact) mass is 357 g/mol. The number of hydrogen-bond donors (Lipinski definition) is 1. The second-order valence-electron chi connectivity index (χ2n) is 5.72. The summed E-state index contributed by atoms with van der Waals surface area (Å²) in [4.78, 5) is 12.2. The molecule has 26 heavy (non-hydrogen) atoms. The van der Waals surface area contributed by atoms with Crippen LogP contribution in [0.3, 0.4) is 0 Å². The maximum absolute atomic E-state index is 13.6. The van der Waals surface area contributed by atoms with Crippen LogP contribution in [0.15, 0.2) is 54.6 Å². The summed E-state index contributed by atoms with van der Waals surface area (Å²) in [6, 6.07) is 14.3. The Morgan fingerprint density at radius 2 is 1.58 bits per heavy atom. The van der Waals surface area contributed by atoms with E-state index < -0.39 is 29.3 Å². The third-order valence-corrected chi connectivity index (χ3v) is 3.91. The van der Waals surface area contributed by atoms with Crippen LogP contribution in [0, 0.1) is 11.6 Å². The number of carbonyl (C=O) groups excluding carboxylic acids is 1. The van der Waals surface area contributed by atoms with Crippen LogP contribution in [-0.2, 0) is 4.79 Å². The van der Waals surface area contributed by atoms with Gasteiger partial charge in [-0.25, -0.2) is 8.78 Å². The van der Waals surface area contributed by atoms with Crippen LogP contribution in [0.4, 0.5) is 14.5 Å². The van der Waals surface area contributed by atoms with Crippen molar-refractivity contribution in [1.29, 1.82) is 0 Å². The van der Waals surface area contributed by atoms with Gasteiger partial charge in [0.05, 0.1) is 7.11 Å². The third-order valence-electron chi connectivity index (χ3n) is 3.91. The van der Waals surface area contributed by atoms with Crippen LogP contribution in [0.1, 0.15) is 6.92 Å². The summed E-state index contributed by atoms with van der Waals surface area (Å²) in [6.07, 6.45) is -0.947. The molecule has 3 rings (SSSR count). The summed E-state index contributed by atoms with van der Waals surface area (Å²) in [7, 11) is 1.58. The van der Waals surface area contributed by atoms with Crippen LogP contribution < -0.4 is 14.8 Å². The van der Waals surface area contributed by atoms with E-state index in [1.54, 1.807) is 19.2 Å². The van der Waals surface area contributed by atoms with Crippen molar-refractivity contribution < 1.29 is 23.0 Å². The fourth-order valence-corrected chi connectivity index (χ4v) is 2.50. The number of para-hydroxylation sites is 1. The Morgan fingerprint density at radius 3 is 2.23 bits per heavy atom. The van der Waals surface area contributed by atoms with Crippen LogP contribution in [0.5, 0.6) is 11.5 Å². The molecule has 1 N–H and O–H groups in total. The highest BCUT2D eigenvalue weighted by atomic mass is 19.1. The van der Waals surface area contributed by atoms with Crippen LogP contribution in [-0.4, -0.2) is 19.1 Å². The van der Waals surface area contributed by atoms with E-state index in [0.717, 1.165) is 22.9 Å². The van der Waals surface area contributed by atoms with Gasteiger partial charge in [-0.1, -0.05) is 18.2 Å². The van der Waals surface area contributed by atoms with Crippen molar-refractivity contribution >= 4 is 22.4 Å². The Labute approximate surface area is 149 Å². The van der Waals surface area contributed by atoms with Crippen molar-refractivity contribution in [2.24, 2.45) is 0 Å². The standard InChI is InChI=1S/C20H17F2NO3/c1-12(20(24)23-19-17(21)4-3-5-18(19)22)26-16-9-7-13-6-8-15(25-2)10-14(13)11-16/h3-12H,1-2H3,(H,23,24)/t12-/m1/s1. The van der Waals surface area contributed by atoms with Gasteiger partial charge in [0, 0.05) is 0 Å². The Balaban J connectivity index is 1.75. The molecule has 0 aliphatic carbocycles. The minimum atomic E-state index is -0.947. The molecular weight excluding hydrogens is 340 g/mol. The van der Waals surface area contributed by atoms with Gasteiger partial charge in [0.2, 0.25) is 0 Å². The molecule has 3 aromatic rings. The van der Waals surface area contributed by atoms with Gasteiger partial charge in [-0.2, -0.15) is 0 Å². The van der Waals surface area contributed by atoms with E-state index in [1.165, 1.54) is 13.0 Å². The zero-order valence-corrected chi connectivity index (χ0v) is 14.3. The average molecular weight is 357 g/mol. The van der Waals surface area contributed by atoms with Crippen molar-refractivity contribution in [3.63, 3.8) is 0 Å². The van der Waals surface area contributed by atoms with Crippen LogP contribution in [0.25, 0.3) is 10.8 Å². The number of benzene rings is 3. The predicted molar refractivity (Wildman–Crippen MR) is 95.6 cm³/mol. The van der Waals surface area contributed by atoms with Crippen molar-refractivity contribution in [2.45, 2.75) is 13.0 Å². The summed E-state index contributed by atoms with van der Waals surface area (Å²) in [5.74, 6) is -1.18. The van der Waals surface area contributed by atoms with Gasteiger partial charge in [0.15, 0.2) is 6.10 Å². The maximum atomic E-state index is 13.6. The number of nitrogens with one attached hydrogen (secondary N) is 1. The lowest BCUT2D eigenvalue weighted by Crippen LogP contribution is -2.30. The molecule has 1 atom stereocenters. The average Bonchev–Trinajstić information content (AvgIpc) is 2.64. The molecule has 4 nitrogen and oxygen atoms in total. The molecule has 0 spiro atoms. The molecule has 0 unspecified atom stereocenters. The topological polar surface area (TPSA) is 47.6 Å². The van der Waals surface area contributed by atoms with E-state index in [1.807, 2.05) is 24.3 Å². The Bertz CT molecular complexity index is 939. The predicted octanol–water partition coefficient (Wildman–Crippen LogP) is 4.53. The maximum Gasteiger partial charge on any atom is 0.265 e. The first kappa shape index (κ1) is 17.7. The SMILES string of the molecule is COc1ccc2ccc(O[C@H](C)C(=O)Nc3c(F)cccc3F)cc2c1. The Kier molecular flexibility index (Phi) is 5.02. The van der Waals surface area contributed by atoms with Gasteiger partial charge in [0.1, 0.15) is 28.8 Å². The number of rotatable bonds is 5. The highest BCUT2D eigenvalue weighted by Gasteiger charge is 2.19. The van der Waals surface area contributed by atoms with Crippen molar-refractivity contribution in [3.8, 4) is 11.5 Å². The molecule has 3 aromatic carbocycles. The van der Waals surface area contributed by atoms with E-state index >= 15 is 0 Å². The molecule has 0 radical (unpaired) electrons. The smallest absolute Gasteiger partial charge is 0.265 e. The van der Waals surface area contributed by atoms with Crippen molar-refractivity contribution in [1.82, 2.24) is 0 Å². The molecule has 0 fully saturated rings. The molecule has 0 saturated carbocycles. The lowest BCUT2D eigenvalue weighted by Gasteiger charge is -2.16. The molecule has 0 aliphatic heterocycles. The van der Waals surface area contributed by atoms with Crippen LogP contribution in [0.2, 0.25) is 0 Å². The van der Waals surface area contributed by atoms with E-state index in [0.29, 0.717) is 11.5 Å². The fraction of sp³-hybridized carbons (Fsp3) is 0.150. The summed E-state index contributed by atoms with van der Waals surface area (Å²) >= 11 is 0. The number of amides is 1. The Morgan fingerprint density at radius 1 is 0.962 bits per heavy atom. The van der Waals surface area contributed by atoms with Crippen LogP contribution >= 0.6 is 0 Å². The lowest BCUT2D eigenvalue weighted by molar-refractivity contribution is -0.122. The second-order valence-corrected chi connectivity index (χ2v) is 5.72. The second kappa shape index (κ2) is 7.39. The number of ether oxygens (including phenoxy) is 2. The highest BCUT2D eigenvalue weighted by Crippen LogP contribution is 2.26. The Hall–Kier alpha value is -3.15. The molecule has 0 aromatic heterocycles. The van der Waals surface area contributed by atoms with Gasteiger partial charge in [0.25, 0.3) is 5.91 Å². The normalized spacial score (nSPS) is 11.8. The molecule has 0 saturated heterocycles. The third kappa shape index (κ3) is 3.74. The first-order chi connectivity index (χ1) is 12.5. The molecule has 0 heterocycles. The number of carbonyl (C=O) groups is 1. The van der Waals surface area contributed by atoms with E-state index in [2.05, 4.69) is 5.32 Å². The number of methoxy groups -OCH3 is 1. The first-order valence-corrected chi connectivity index (χ1v) is 7.97.